The zero-order valence-electron chi connectivity index (χ0n) is 16.5. The van der Waals surface area contributed by atoms with E-state index in [0.717, 1.165) is 33.8 Å². The van der Waals surface area contributed by atoms with E-state index in [2.05, 4.69) is 25.7 Å². The molecule has 0 radical (unpaired) electrons. The van der Waals surface area contributed by atoms with Gasteiger partial charge in [0.2, 0.25) is 11.8 Å². The van der Waals surface area contributed by atoms with Crippen molar-refractivity contribution in [3.05, 3.63) is 52.6 Å². The minimum atomic E-state index is -0.250. The van der Waals surface area contributed by atoms with Crippen molar-refractivity contribution in [3.63, 3.8) is 0 Å². The second kappa shape index (κ2) is 8.16. The van der Waals surface area contributed by atoms with Crippen molar-refractivity contribution >= 4 is 23.3 Å². The summed E-state index contributed by atoms with van der Waals surface area (Å²) in [6, 6.07) is 5.73. The number of aromatic nitrogens is 4. The van der Waals surface area contributed by atoms with Gasteiger partial charge in [0, 0.05) is 23.5 Å². The largest absolute Gasteiger partial charge is 0.347 e. The standard InChI is InChI=1S/C20H24N6O2/c1-12-6-5-7-17(13(12)2)25-19(28)10-21-18(27)9-8-16-14(3)24-20-22-11-23-26(20)15(16)4/h5-7,11H,8-10H2,1-4H3,(H,21,27)(H,25,28). The number of carbonyl (C=O) groups is 2. The number of hydrogen-bond acceptors (Lipinski definition) is 5. The maximum absolute atomic E-state index is 12.2. The first-order chi connectivity index (χ1) is 13.4. The molecular weight excluding hydrogens is 356 g/mol. The summed E-state index contributed by atoms with van der Waals surface area (Å²) in [6.45, 7) is 7.70. The Bertz CT molecular complexity index is 1040. The summed E-state index contributed by atoms with van der Waals surface area (Å²) in [5, 5.41) is 9.65. The van der Waals surface area contributed by atoms with Crippen LogP contribution in [0.4, 0.5) is 5.69 Å². The second-order valence-electron chi connectivity index (χ2n) is 6.81. The Kier molecular flexibility index (Phi) is 5.67. The van der Waals surface area contributed by atoms with Crippen LogP contribution in [0.3, 0.4) is 0 Å². The number of benzene rings is 1. The number of nitrogens with one attached hydrogen (secondary N) is 2. The molecule has 8 heteroatoms. The summed E-state index contributed by atoms with van der Waals surface area (Å²) >= 11 is 0. The van der Waals surface area contributed by atoms with Crippen LogP contribution >= 0.6 is 0 Å². The van der Waals surface area contributed by atoms with E-state index < -0.39 is 0 Å². The molecule has 0 atom stereocenters. The second-order valence-corrected chi connectivity index (χ2v) is 6.81. The van der Waals surface area contributed by atoms with E-state index in [1.54, 1.807) is 4.52 Å². The highest BCUT2D eigenvalue weighted by atomic mass is 16.2. The van der Waals surface area contributed by atoms with E-state index in [1.165, 1.54) is 6.33 Å². The summed E-state index contributed by atoms with van der Waals surface area (Å²) in [7, 11) is 0. The number of amides is 2. The number of aryl methyl sites for hydroxylation is 3. The molecule has 0 bridgehead atoms. The van der Waals surface area contributed by atoms with E-state index in [0.29, 0.717) is 12.2 Å². The van der Waals surface area contributed by atoms with Crippen LogP contribution in [-0.2, 0) is 16.0 Å². The van der Waals surface area contributed by atoms with Crippen molar-refractivity contribution in [3.8, 4) is 0 Å². The van der Waals surface area contributed by atoms with Crippen LogP contribution in [0.5, 0.6) is 0 Å². The maximum atomic E-state index is 12.2. The minimum absolute atomic E-state index is 0.0649. The summed E-state index contributed by atoms with van der Waals surface area (Å²) in [5.41, 5.74) is 5.60. The molecule has 2 amide bonds. The number of rotatable bonds is 6. The molecule has 0 spiro atoms. The van der Waals surface area contributed by atoms with Crippen LogP contribution in [0.2, 0.25) is 0 Å². The van der Waals surface area contributed by atoms with Crippen LogP contribution in [-0.4, -0.2) is 37.9 Å². The van der Waals surface area contributed by atoms with E-state index >= 15 is 0 Å². The molecule has 8 nitrogen and oxygen atoms in total. The fraction of sp³-hybridized carbons (Fsp3) is 0.350. The van der Waals surface area contributed by atoms with Gasteiger partial charge in [-0.2, -0.15) is 10.1 Å². The van der Waals surface area contributed by atoms with Gasteiger partial charge in [0.1, 0.15) is 6.33 Å². The number of anilines is 1. The number of carbonyl (C=O) groups excluding carboxylic acids is 2. The molecule has 0 unspecified atom stereocenters. The normalized spacial score (nSPS) is 10.9. The van der Waals surface area contributed by atoms with Crippen molar-refractivity contribution in [2.75, 3.05) is 11.9 Å². The summed E-state index contributed by atoms with van der Waals surface area (Å²) in [6.07, 6.45) is 2.24. The number of hydrogen-bond donors (Lipinski definition) is 2. The van der Waals surface area contributed by atoms with E-state index in [-0.39, 0.29) is 24.8 Å². The van der Waals surface area contributed by atoms with Gasteiger partial charge in [0.15, 0.2) is 0 Å². The van der Waals surface area contributed by atoms with Crippen molar-refractivity contribution in [1.82, 2.24) is 24.9 Å². The van der Waals surface area contributed by atoms with Crippen LogP contribution < -0.4 is 10.6 Å². The lowest BCUT2D eigenvalue weighted by Crippen LogP contribution is -2.33. The lowest BCUT2D eigenvalue weighted by Gasteiger charge is -2.12. The Morgan fingerprint density at radius 1 is 1.11 bits per heavy atom. The lowest BCUT2D eigenvalue weighted by atomic mass is 10.1. The Balaban J connectivity index is 1.53. The van der Waals surface area contributed by atoms with Gasteiger partial charge >= 0.3 is 0 Å². The average Bonchev–Trinajstić information content (AvgIpc) is 3.12. The molecule has 0 saturated carbocycles. The van der Waals surface area contributed by atoms with Gasteiger partial charge in [-0.05, 0) is 56.9 Å². The van der Waals surface area contributed by atoms with Gasteiger partial charge in [-0.15, -0.1) is 0 Å². The molecule has 146 valence electrons. The Labute approximate surface area is 163 Å². The third-order valence-electron chi connectivity index (χ3n) is 4.92. The third-order valence-corrected chi connectivity index (χ3v) is 4.92. The monoisotopic (exact) mass is 380 g/mol. The first-order valence-corrected chi connectivity index (χ1v) is 9.15. The van der Waals surface area contributed by atoms with E-state index in [4.69, 9.17) is 0 Å². The van der Waals surface area contributed by atoms with Crippen molar-refractivity contribution < 1.29 is 9.59 Å². The molecule has 1 aromatic carbocycles. The number of fused-ring (bicyclic) bond motifs is 1. The van der Waals surface area contributed by atoms with Crippen LogP contribution in [0.1, 0.15) is 34.5 Å². The molecule has 0 fully saturated rings. The van der Waals surface area contributed by atoms with E-state index in [1.807, 2.05) is 45.9 Å². The van der Waals surface area contributed by atoms with Crippen molar-refractivity contribution in [2.45, 2.75) is 40.5 Å². The molecule has 2 N–H and O–H groups in total. The smallest absolute Gasteiger partial charge is 0.252 e. The van der Waals surface area contributed by atoms with Crippen molar-refractivity contribution in [2.24, 2.45) is 0 Å². The predicted octanol–water partition coefficient (Wildman–Crippen LogP) is 2.05. The van der Waals surface area contributed by atoms with Crippen LogP contribution in [0.15, 0.2) is 24.5 Å². The zero-order valence-corrected chi connectivity index (χ0v) is 16.5. The SMILES string of the molecule is Cc1cccc(NC(=O)CNC(=O)CCc2c(C)nc3ncnn3c2C)c1C. The van der Waals surface area contributed by atoms with Crippen LogP contribution in [0.25, 0.3) is 5.78 Å². The molecular formula is C20H24N6O2. The minimum Gasteiger partial charge on any atom is -0.347 e. The Morgan fingerprint density at radius 3 is 2.68 bits per heavy atom. The van der Waals surface area contributed by atoms with Gasteiger partial charge in [-0.3, -0.25) is 9.59 Å². The Hall–Kier alpha value is -3.29. The fourth-order valence-electron chi connectivity index (χ4n) is 3.10. The highest BCUT2D eigenvalue weighted by Gasteiger charge is 2.13. The van der Waals surface area contributed by atoms with Gasteiger partial charge in [-0.25, -0.2) is 9.50 Å². The average molecular weight is 380 g/mol. The summed E-state index contributed by atoms with van der Waals surface area (Å²) in [4.78, 5) is 32.8. The zero-order chi connectivity index (χ0) is 20.3. The molecule has 0 aliphatic rings. The lowest BCUT2D eigenvalue weighted by molar-refractivity contribution is -0.124. The quantitative estimate of drug-likeness (QED) is 0.681. The molecule has 0 aliphatic carbocycles. The summed E-state index contributed by atoms with van der Waals surface area (Å²) in [5.74, 6) is 0.111. The number of nitrogens with zero attached hydrogens (tertiary/aromatic N) is 4. The fourth-order valence-corrected chi connectivity index (χ4v) is 3.10. The highest BCUT2D eigenvalue weighted by molar-refractivity contribution is 5.95. The molecule has 0 saturated heterocycles. The van der Waals surface area contributed by atoms with E-state index in [9.17, 15) is 9.59 Å². The van der Waals surface area contributed by atoms with Gasteiger partial charge in [0.05, 0.1) is 6.54 Å². The molecule has 28 heavy (non-hydrogen) atoms. The molecule has 3 aromatic rings. The highest BCUT2D eigenvalue weighted by Crippen LogP contribution is 2.18. The van der Waals surface area contributed by atoms with Gasteiger partial charge < -0.3 is 10.6 Å². The summed E-state index contributed by atoms with van der Waals surface area (Å²) < 4.78 is 1.66. The molecule has 2 aromatic heterocycles. The predicted molar refractivity (Wildman–Crippen MR) is 106 cm³/mol. The van der Waals surface area contributed by atoms with Gasteiger partial charge in [-0.1, -0.05) is 12.1 Å². The Morgan fingerprint density at radius 2 is 1.89 bits per heavy atom. The third kappa shape index (κ3) is 4.16. The maximum Gasteiger partial charge on any atom is 0.252 e. The molecule has 0 aliphatic heterocycles. The van der Waals surface area contributed by atoms with Crippen LogP contribution in [0, 0.1) is 27.7 Å². The van der Waals surface area contributed by atoms with Gasteiger partial charge in [0.25, 0.3) is 5.78 Å². The topological polar surface area (TPSA) is 101 Å². The first kappa shape index (κ1) is 19.5. The van der Waals surface area contributed by atoms with Crippen molar-refractivity contribution in [1.29, 1.82) is 0 Å². The molecule has 2 heterocycles. The first-order valence-electron chi connectivity index (χ1n) is 9.15. The molecule has 3 rings (SSSR count).